The summed E-state index contributed by atoms with van der Waals surface area (Å²) in [6, 6.07) is 22.8. The lowest BCUT2D eigenvalue weighted by Crippen LogP contribution is -2.24. The van der Waals surface area contributed by atoms with Gasteiger partial charge in [0.2, 0.25) is 0 Å². The van der Waals surface area contributed by atoms with Crippen molar-refractivity contribution in [3.63, 3.8) is 0 Å². The Morgan fingerprint density at radius 2 is 1.74 bits per heavy atom. The summed E-state index contributed by atoms with van der Waals surface area (Å²) in [6.07, 6.45) is 1.61. The predicted molar refractivity (Wildman–Crippen MR) is 136 cm³/mol. The molecule has 178 valence electrons. The van der Waals surface area contributed by atoms with Gasteiger partial charge in [-0.15, -0.1) is 0 Å². The number of esters is 1. The number of nitrogens with one attached hydrogen (secondary N) is 1. The minimum absolute atomic E-state index is 0.142. The molecule has 0 saturated carbocycles. The summed E-state index contributed by atoms with van der Waals surface area (Å²) in [4.78, 5) is 24.2. The molecule has 4 rings (SSSR count). The molecule has 7 heteroatoms. The van der Waals surface area contributed by atoms with Crippen molar-refractivity contribution in [2.75, 3.05) is 13.2 Å². The predicted octanol–water partition coefficient (Wildman–Crippen LogP) is 4.95. The van der Waals surface area contributed by atoms with E-state index in [0.29, 0.717) is 17.9 Å². The van der Waals surface area contributed by atoms with Crippen LogP contribution < -0.4 is 10.2 Å². The van der Waals surface area contributed by atoms with E-state index in [1.165, 1.54) is 0 Å². The van der Waals surface area contributed by atoms with Gasteiger partial charge in [0.05, 0.1) is 18.4 Å². The van der Waals surface area contributed by atoms with Crippen LogP contribution in [0, 0.1) is 13.8 Å². The van der Waals surface area contributed by atoms with Gasteiger partial charge in [-0.1, -0.05) is 36.4 Å². The average Bonchev–Trinajstić information content (AvgIpc) is 3.15. The van der Waals surface area contributed by atoms with Gasteiger partial charge in [-0.05, 0) is 62.6 Å². The monoisotopic (exact) mass is 469 g/mol. The molecular weight excluding hydrogens is 442 g/mol. The van der Waals surface area contributed by atoms with Gasteiger partial charge < -0.3 is 14.0 Å². The van der Waals surface area contributed by atoms with Crippen LogP contribution in [0.2, 0.25) is 0 Å². The van der Waals surface area contributed by atoms with Gasteiger partial charge in [-0.25, -0.2) is 10.2 Å². The highest BCUT2D eigenvalue weighted by Crippen LogP contribution is 2.25. The van der Waals surface area contributed by atoms with Crippen LogP contribution in [0.25, 0.3) is 16.5 Å². The maximum Gasteiger partial charge on any atom is 0.338 e. The molecule has 1 amide bonds. The number of nitrogens with zero attached hydrogens (tertiary/aromatic N) is 2. The Kier molecular flexibility index (Phi) is 7.26. The maximum absolute atomic E-state index is 12.3. The first-order valence-corrected chi connectivity index (χ1v) is 11.4. The number of aromatic nitrogens is 1. The zero-order valence-electron chi connectivity index (χ0n) is 19.9. The van der Waals surface area contributed by atoms with E-state index in [2.05, 4.69) is 15.1 Å². The zero-order valence-corrected chi connectivity index (χ0v) is 19.9. The van der Waals surface area contributed by atoms with E-state index < -0.39 is 0 Å². The number of ether oxygens (including phenoxy) is 2. The SMILES string of the molecule is CCOC(=O)c1ccc(-n2c(C)cc(/C=N/NC(=O)COc3cccc4ccccc34)c2C)cc1. The smallest absolute Gasteiger partial charge is 0.338 e. The second kappa shape index (κ2) is 10.7. The molecule has 35 heavy (non-hydrogen) atoms. The van der Waals surface area contributed by atoms with Gasteiger partial charge in [-0.2, -0.15) is 5.10 Å². The minimum atomic E-state index is -0.349. The maximum atomic E-state index is 12.3. The fourth-order valence-corrected chi connectivity index (χ4v) is 3.95. The number of fused-ring (bicyclic) bond motifs is 1. The van der Waals surface area contributed by atoms with E-state index in [1.54, 1.807) is 25.3 Å². The van der Waals surface area contributed by atoms with Crippen molar-refractivity contribution >= 4 is 28.9 Å². The van der Waals surface area contributed by atoms with Crippen molar-refractivity contribution in [3.8, 4) is 11.4 Å². The molecule has 3 aromatic carbocycles. The molecule has 0 atom stereocenters. The number of benzene rings is 3. The van der Waals surface area contributed by atoms with Crippen molar-refractivity contribution in [1.82, 2.24) is 9.99 Å². The molecule has 0 radical (unpaired) electrons. The lowest BCUT2D eigenvalue weighted by Gasteiger charge is -2.10. The molecule has 0 aliphatic carbocycles. The number of carbonyl (C=O) groups excluding carboxylic acids is 2. The van der Waals surface area contributed by atoms with E-state index in [0.717, 1.165) is 33.4 Å². The van der Waals surface area contributed by atoms with E-state index in [1.807, 2.05) is 74.5 Å². The number of hydrazone groups is 1. The first-order chi connectivity index (χ1) is 17.0. The molecule has 0 fully saturated rings. The van der Waals surface area contributed by atoms with Gasteiger partial charge in [0.15, 0.2) is 6.61 Å². The van der Waals surface area contributed by atoms with Crippen molar-refractivity contribution in [3.05, 3.63) is 95.3 Å². The van der Waals surface area contributed by atoms with Crippen LogP contribution in [0.3, 0.4) is 0 Å². The second-order valence-corrected chi connectivity index (χ2v) is 7.99. The van der Waals surface area contributed by atoms with Crippen molar-refractivity contribution < 1.29 is 19.1 Å². The molecule has 0 aliphatic rings. The van der Waals surface area contributed by atoms with Crippen LogP contribution in [0.4, 0.5) is 0 Å². The summed E-state index contributed by atoms with van der Waals surface area (Å²) in [7, 11) is 0. The lowest BCUT2D eigenvalue weighted by molar-refractivity contribution is -0.123. The molecule has 0 bridgehead atoms. The van der Waals surface area contributed by atoms with Crippen LogP contribution >= 0.6 is 0 Å². The quantitative estimate of drug-likeness (QED) is 0.225. The normalized spacial score (nSPS) is 11.1. The van der Waals surface area contributed by atoms with Crippen molar-refractivity contribution in [2.45, 2.75) is 20.8 Å². The lowest BCUT2D eigenvalue weighted by atomic mass is 10.1. The largest absolute Gasteiger partial charge is 0.483 e. The fourth-order valence-electron chi connectivity index (χ4n) is 3.95. The van der Waals surface area contributed by atoms with E-state index in [4.69, 9.17) is 9.47 Å². The molecule has 0 saturated heterocycles. The third-order valence-electron chi connectivity index (χ3n) is 5.61. The van der Waals surface area contributed by atoms with Gasteiger partial charge in [-0.3, -0.25) is 4.79 Å². The summed E-state index contributed by atoms with van der Waals surface area (Å²) in [5.74, 6) is -0.0368. The average molecular weight is 470 g/mol. The third-order valence-corrected chi connectivity index (χ3v) is 5.61. The van der Waals surface area contributed by atoms with Crippen LogP contribution in [0.15, 0.2) is 77.9 Å². The molecule has 0 unspecified atom stereocenters. The Morgan fingerprint density at radius 1 is 1.00 bits per heavy atom. The first kappa shape index (κ1) is 23.8. The number of hydrogen-bond acceptors (Lipinski definition) is 5. The Hall–Kier alpha value is -4.39. The van der Waals surface area contributed by atoms with Gasteiger partial charge in [0, 0.05) is 28.0 Å². The number of hydrogen-bond donors (Lipinski definition) is 1. The molecule has 4 aromatic rings. The number of rotatable bonds is 8. The number of carbonyl (C=O) groups is 2. The van der Waals surface area contributed by atoms with E-state index >= 15 is 0 Å². The van der Waals surface area contributed by atoms with Crippen LogP contribution in [-0.2, 0) is 9.53 Å². The highest BCUT2D eigenvalue weighted by atomic mass is 16.5. The van der Waals surface area contributed by atoms with Crippen LogP contribution in [0.5, 0.6) is 5.75 Å². The molecule has 7 nitrogen and oxygen atoms in total. The molecule has 1 aromatic heterocycles. The molecule has 0 aliphatic heterocycles. The molecule has 1 N–H and O–H groups in total. The standard InChI is InChI=1S/C28H27N3O4/c1-4-34-28(33)22-12-14-24(15-13-22)31-19(2)16-23(20(31)3)17-29-30-27(32)18-35-26-11-7-9-21-8-5-6-10-25(21)26/h5-17H,4,18H2,1-3H3,(H,30,32)/b29-17+. The minimum Gasteiger partial charge on any atom is -0.483 e. The van der Waals surface area contributed by atoms with Gasteiger partial charge >= 0.3 is 5.97 Å². The molecule has 0 spiro atoms. The topological polar surface area (TPSA) is 81.9 Å². The highest BCUT2D eigenvalue weighted by Gasteiger charge is 2.12. The number of aryl methyl sites for hydroxylation is 1. The highest BCUT2D eigenvalue weighted by molar-refractivity contribution is 5.90. The molecular formula is C28H27N3O4. The number of amides is 1. The summed E-state index contributed by atoms with van der Waals surface area (Å²) in [5.41, 5.74) is 6.77. The zero-order chi connectivity index (χ0) is 24.8. The van der Waals surface area contributed by atoms with E-state index in [-0.39, 0.29) is 18.5 Å². The summed E-state index contributed by atoms with van der Waals surface area (Å²) >= 11 is 0. The Bertz CT molecular complexity index is 1380. The van der Waals surface area contributed by atoms with Crippen molar-refractivity contribution in [1.29, 1.82) is 0 Å². The first-order valence-electron chi connectivity index (χ1n) is 11.4. The Morgan fingerprint density at radius 3 is 2.51 bits per heavy atom. The molecule has 1 heterocycles. The second-order valence-electron chi connectivity index (χ2n) is 7.99. The summed E-state index contributed by atoms with van der Waals surface area (Å²) in [6.45, 7) is 5.93. The summed E-state index contributed by atoms with van der Waals surface area (Å²) in [5, 5.41) is 6.11. The van der Waals surface area contributed by atoms with Crippen molar-refractivity contribution in [2.24, 2.45) is 5.10 Å². The van der Waals surface area contributed by atoms with Gasteiger partial charge in [0.25, 0.3) is 5.91 Å². The van der Waals surface area contributed by atoms with Gasteiger partial charge in [0.1, 0.15) is 5.75 Å². The van der Waals surface area contributed by atoms with Crippen LogP contribution in [0.1, 0.15) is 34.2 Å². The van der Waals surface area contributed by atoms with Crippen LogP contribution in [-0.4, -0.2) is 35.9 Å². The fraction of sp³-hybridized carbons (Fsp3) is 0.179. The third kappa shape index (κ3) is 5.41. The summed E-state index contributed by atoms with van der Waals surface area (Å²) < 4.78 is 12.8. The Balaban J connectivity index is 1.39. The van der Waals surface area contributed by atoms with E-state index in [9.17, 15) is 9.59 Å². The Labute approximate surface area is 204 Å².